The summed E-state index contributed by atoms with van der Waals surface area (Å²) < 4.78 is 0.861. The van der Waals surface area contributed by atoms with Gasteiger partial charge in [0.25, 0.3) is 5.91 Å². The molecule has 22 heavy (non-hydrogen) atoms. The Labute approximate surface area is 143 Å². The fourth-order valence-electron chi connectivity index (χ4n) is 2.78. The van der Waals surface area contributed by atoms with Crippen LogP contribution in [-0.2, 0) is 13.1 Å². The first-order valence-corrected chi connectivity index (χ1v) is 9.21. The highest BCUT2D eigenvalue weighted by atomic mass is 79.9. The highest BCUT2D eigenvalue weighted by molar-refractivity contribution is 9.10. The van der Waals surface area contributed by atoms with Gasteiger partial charge in [-0.15, -0.1) is 11.3 Å². The summed E-state index contributed by atoms with van der Waals surface area (Å²) in [5, 5.41) is 4.95. The standard InChI is InChI=1S/C17H19BrN2OS/c18-15-7-10-22-16(15)17(21)19-11-13-5-1-2-6-14(13)12-20-8-3-4-9-20/h1-2,5-7,10H,3-4,8-9,11-12H2,(H,19,21). The molecule has 1 N–H and O–H groups in total. The predicted octanol–water partition coefficient (Wildman–Crippen LogP) is 4.04. The lowest BCUT2D eigenvalue weighted by Gasteiger charge is -2.17. The highest BCUT2D eigenvalue weighted by Gasteiger charge is 2.15. The van der Waals surface area contributed by atoms with E-state index in [2.05, 4.69) is 44.3 Å². The van der Waals surface area contributed by atoms with Gasteiger partial charge < -0.3 is 5.32 Å². The molecule has 2 heterocycles. The van der Waals surface area contributed by atoms with Crippen molar-refractivity contribution in [1.82, 2.24) is 10.2 Å². The van der Waals surface area contributed by atoms with Gasteiger partial charge in [0.2, 0.25) is 0 Å². The molecule has 0 atom stereocenters. The molecular weight excluding hydrogens is 360 g/mol. The molecular formula is C17H19BrN2OS. The zero-order chi connectivity index (χ0) is 15.4. The number of amides is 1. The Balaban J connectivity index is 1.64. The van der Waals surface area contributed by atoms with E-state index >= 15 is 0 Å². The third kappa shape index (κ3) is 3.77. The largest absolute Gasteiger partial charge is 0.347 e. The molecule has 1 aliphatic heterocycles. The van der Waals surface area contributed by atoms with Crippen LogP contribution in [0, 0.1) is 0 Å². The Morgan fingerprint density at radius 2 is 1.91 bits per heavy atom. The minimum absolute atomic E-state index is 0.0159. The summed E-state index contributed by atoms with van der Waals surface area (Å²) in [6, 6.07) is 10.3. The number of benzene rings is 1. The molecule has 0 radical (unpaired) electrons. The van der Waals surface area contributed by atoms with Crippen molar-refractivity contribution >= 4 is 33.2 Å². The number of likely N-dealkylation sites (tertiary alicyclic amines) is 1. The second-order valence-electron chi connectivity index (χ2n) is 5.53. The lowest BCUT2D eigenvalue weighted by molar-refractivity contribution is 0.0954. The van der Waals surface area contributed by atoms with Gasteiger partial charge in [-0.05, 0) is 64.4 Å². The van der Waals surface area contributed by atoms with Gasteiger partial charge in [-0.1, -0.05) is 24.3 Å². The van der Waals surface area contributed by atoms with E-state index in [1.54, 1.807) is 0 Å². The van der Waals surface area contributed by atoms with E-state index in [1.807, 2.05) is 17.5 Å². The monoisotopic (exact) mass is 378 g/mol. The lowest BCUT2D eigenvalue weighted by atomic mass is 10.1. The third-order valence-electron chi connectivity index (χ3n) is 3.97. The van der Waals surface area contributed by atoms with Crippen LogP contribution in [0.25, 0.3) is 0 Å². The Morgan fingerprint density at radius 1 is 1.18 bits per heavy atom. The zero-order valence-electron chi connectivity index (χ0n) is 12.3. The molecule has 5 heteroatoms. The molecule has 2 aromatic rings. The van der Waals surface area contributed by atoms with Crippen molar-refractivity contribution in [2.75, 3.05) is 13.1 Å². The highest BCUT2D eigenvalue weighted by Crippen LogP contribution is 2.22. The van der Waals surface area contributed by atoms with Gasteiger partial charge in [0.1, 0.15) is 4.88 Å². The molecule has 1 saturated heterocycles. The summed E-state index contributed by atoms with van der Waals surface area (Å²) in [6.07, 6.45) is 2.59. The van der Waals surface area contributed by atoms with Crippen LogP contribution < -0.4 is 5.32 Å². The number of carbonyl (C=O) groups excluding carboxylic acids is 1. The zero-order valence-corrected chi connectivity index (χ0v) is 14.8. The number of carbonyl (C=O) groups is 1. The minimum Gasteiger partial charge on any atom is -0.347 e. The van der Waals surface area contributed by atoms with Crippen LogP contribution in [0.3, 0.4) is 0 Å². The van der Waals surface area contributed by atoms with E-state index in [1.165, 1.54) is 48.4 Å². The molecule has 1 amide bonds. The van der Waals surface area contributed by atoms with Gasteiger partial charge in [0, 0.05) is 17.6 Å². The van der Waals surface area contributed by atoms with Gasteiger partial charge in [-0.3, -0.25) is 9.69 Å². The summed E-state index contributed by atoms with van der Waals surface area (Å²) in [5.41, 5.74) is 2.52. The maximum Gasteiger partial charge on any atom is 0.262 e. The molecule has 3 nitrogen and oxygen atoms in total. The summed E-state index contributed by atoms with van der Waals surface area (Å²) in [5.74, 6) is -0.0159. The van der Waals surface area contributed by atoms with Crippen molar-refractivity contribution in [3.05, 3.63) is 56.2 Å². The van der Waals surface area contributed by atoms with E-state index in [0.717, 1.165) is 15.9 Å². The van der Waals surface area contributed by atoms with Crippen LogP contribution in [0.15, 0.2) is 40.2 Å². The molecule has 0 saturated carbocycles. The van der Waals surface area contributed by atoms with Crippen molar-refractivity contribution in [3.8, 4) is 0 Å². The van der Waals surface area contributed by atoms with Crippen molar-refractivity contribution < 1.29 is 4.79 Å². The number of nitrogens with one attached hydrogen (secondary N) is 1. The second-order valence-corrected chi connectivity index (χ2v) is 7.30. The summed E-state index contributed by atoms with van der Waals surface area (Å²) in [6.45, 7) is 3.92. The van der Waals surface area contributed by atoms with Crippen molar-refractivity contribution in [3.63, 3.8) is 0 Å². The van der Waals surface area contributed by atoms with Gasteiger partial charge in [0.15, 0.2) is 0 Å². The SMILES string of the molecule is O=C(NCc1ccccc1CN1CCCC1)c1sccc1Br. The minimum atomic E-state index is -0.0159. The van der Waals surface area contributed by atoms with E-state index in [-0.39, 0.29) is 5.91 Å². The second kappa shape index (κ2) is 7.40. The third-order valence-corrected chi connectivity index (χ3v) is 5.81. The molecule has 1 fully saturated rings. The maximum absolute atomic E-state index is 12.2. The smallest absolute Gasteiger partial charge is 0.262 e. The average Bonchev–Trinajstić information content (AvgIpc) is 3.17. The van der Waals surface area contributed by atoms with Crippen molar-refractivity contribution in [2.24, 2.45) is 0 Å². The fraction of sp³-hybridized carbons (Fsp3) is 0.353. The van der Waals surface area contributed by atoms with Crippen molar-refractivity contribution in [1.29, 1.82) is 0 Å². The molecule has 0 aliphatic carbocycles. The Morgan fingerprint density at radius 3 is 2.59 bits per heavy atom. The van der Waals surface area contributed by atoms with Crippen LogP contribution in [0.1, 0.15) is 33.6 Å². The summed E-state index contributed by atoms with van der Waals surface area (Å²) in [4.78, 5) is 15.4. The first-order chi connectivity index (χ1) is 10.7. The van der Waals surface area contributed by atoms with Crippen LogP contribution in [-0.4, -0.2) is 23.9 Å². The van der Waals surface area contributed by atoms with E-state index < -0.39 is 0 Å². The molecule has 0 spiro atoms. The summed E-state index contributed by atoms with van der Waals surface area (Å²) in [7, 11) is 0. The number of nitrogens with zero attached hydrogens (tertiary/aromatic N) is 1. The molecule has 0 unspecified atom stereocenters. The molecule has 1 aromatic heterocycles. The van der Waals surface area contributed by atoms with Gasteiger partial charge in [-0.2, -0.15) is 0 Å². The topological polar surface area (TPSA) is 32.3 Å². The Hall–Kier alpha value is -1.17. The van der Waals surface area contributed by atoms with E-state index in [0.29, 0.717) is 6.54 Å². The summed E-state index contributed by atoms with van der Waals surface area (Å²) >= 11 is 4.86. The first kappa shape index (κ1) is 15.7. The van der Waals surface area contributed by atoms with Crippen LogP contribution in [0.5, 0.6) is 0 Å². The van der Waals surface area contributed by atoms with Crippen LogP contribution >= 0.6 is 27.3 Å². The van der Waals surface area contributed by atoms with Gasteiger partial charge >= 0.3 is 0 Å². The number of hydrogen-bond acceptors (Lipinski definition) is 3. The maximum atomic E-state index is 12.2. The van der Waals surface area contributed by atoms with Crippen LogP contribution in [0.2, 0.25) is 0 Å². The average molecular weight is 379 g/mol. The number of hydrogen-bond donors (Lipinski definition) is 1. The lowest BCUT2D eigenvalue weighted by Crippen LogP contribution is -2.24. The molecule has 1 aliphatic rings. The number of thiophene rings is 1. The van der Waals surface area contributed by atoms with E-state index in [4.69, 9.17) is 0 Å². The number of halogens is 1. The molecule has 1 aromatic carbocycles. The molecule has 3 rings (SSSR count). The van der Waals surface area contributed by atoms with Crippen LogP contribution in [0.4, 0.5) is 0 Å². The Bertz CT molecular complexity index is 650. The normalized spacial score (nSPS) is 15.1. The van der Waals surface area contributed by atoms with Gasteiger partial charge in [0.05, 0.1) is 0 Å². The predicted molar refractivity (Wildman–Crippen MR) is 94.1 cm³/mol. The quantitative estimate of drug-likeness (QED) is 0.851. The van der Waals surface area contributed by atoms with E-state index in [9.17, 15) is 4.79 Å². The first-order valence-electron chi connectivity index (χ1n) is 7.54. The molecule has 116 valence electrons. The van der Waals surface area contributed by atoms with Gasteiger partial charge in [-0.25, -0.2) is 0 Å². The number of rotatable bonds is 5. The molecule has 0 bridgehead atoms. The van der Waals surface area contributed by atoms with Crippen molar-refractivity contribution in [2.45, 2.75) is 25.9 Å². The fourth-order valence-corrected chi connectivity index (χ4v) is 4.24. The Kier molecular flexibility index (Phi) is 5.28.